The molecular formula is C20H25NO4. The van der Waals surface area contributed by atoms with Crippen LogP contribution >= 0.6 is 0 Å². The number of carbonyl (C=O) groups excluding carboxylic acids is 1. The molecule has 1 unspecified atom stereocenters. The van der Waals surface area contributed by atoms with Crippen molar-refractivity contribution in [3.8, 4) is 0 Å². The van der Waals surface area contributed by atoms with Crippen LogP contribution in [0.4, 0.5) is 0 Å². The second-order valence-corrected chi connectivity index (χ2v) is 8.02. The van der Waals surface area contributed by atoms with Gasteiger partial charge in [0.05, 0.1) is 6.61 Å². The van der Waals surface area contributed by atoms with Gasteiger partial charge in [0.2, 0.25) is 0 Å². The van der Waals surface area contributed by atoms with Gasteiger partial charge in [-0.2, -0.15) is 0 Å². The molecule has 134 valence electrons. The Morgan fingerprint density at radius 3 is 2.48 bits per heavy atom. The molecular weight excluding hydrogens is 318 g/mol. The number of ether oxygens (including phenoxy) is 2. The quantitative estimate of drug-likeness (QED) is 0.629. The highest BCUT2D eigenvalue weighted by Gasteiger charge is 2.64. The summed E-state index contributed by atoms with van der Waals surface area (Å²) in [6.07, 6.45) is 5.11. The van der Waals surface area contributed by atoms with E-state index in [0.29, 0.717) is 24.3 Å². The minimum Gasteiger partial charge on any atom is -0.462 e. The van der Waals surface area contributed by atoms with Crippen LogP contribution in [0, 0.1) is 5.92 Å². The molecule has 5 nitrogen and oxygen atoms in total. The number of epoxide rings is 1. The second-order valence-electron chi connectivity index (χ2n) is 8.02. The topological polar surface area (TPSA) is 62.3 Å². The number of nitrogens with zero attached hydrogens (tertiary/aromatic N) is 1. The fourth-order valence-corrected chi connectivity index (χ4v) is 4.77. The smallest absolute Gasteiger partial charge is 0.316 e. The van der Waals surface area contributed by atoms with Crippen molar-refractivity contribution in [3.63, 3.8) is 0 Å². The predicted octanol–water partition coefficient (Wildman–Crippen LogP) is 1.70. The summed E-state index contributed by atoms with van der Waals surface area (Å²) in [5.41, 5.74) is 0.815. The van der Waals surface area contributed by atoms with E-state index in [0.717, 1.165) is 24.3 Å². The molecule has 25 heavy (non-hydrogen) atoms. The first-order valence-electron chi connectivity index (χ1n) is 9.52. The molecule has 4 aliphatic rings. The maximum Gasteiger partial charge on any atom is 0.316 e. The third-order valence-corrected chi connectivity index (χ3v) is 6.30. The minimum atomic E-state index is -0.589. The molecule has 1 aromatic carbocycles. The number of hydrogen-bond donors (Lipinski definition) is 1. The van der Waals surface area contributed by atoms with Gasteiger partial charge in [-0.25, -0.2) is 0 Å². The Morgan fingerprint density at radius 2 is 1.88 bits per heavy atom. The average molecular weight is 343 g/mol. The summed E-state index contributed by atoms with van der Waals surface area (Å²) in [7, 11) is 0. The molecule has 1 N–H and O–H groups in total. The number of aliphatic hydroxyl groups is 1. The van der Waals surface area contributed by atoms with Crippen molar-refractivity contribution in [2.24, 2.45) is 5.92 Å². The van der Waals surface area contributed by atoms with Crippen molar-refractivity contribution in [1.82, 2.24) is 4.90 Å². The van der Waals surface area contributed by atoms with Crippen LogP contribution in [-0.4, -0.2) is 59.5 Å². The number of hydrogen-bond acceptors (Lipinski definition) is 5. The van der Waals surface area contributed by atoms with Crippen LogP contribution < -0.4 is 0 Å². The lowest BCUT2D eigenvalue weighted by molar-refractivity contribution is -0.157. The summed E-state index contributed by atoms with van der Waals surface area (Å²) in [5, 5.41) is 9.66. The van der Waals surface area contributed by atoms with Crippen molar-refractivity contribution >= 4 is 5.97 Å². The van der Waals surface area contributed by atoms with Gasteiger partial charge in [-0.15, -0.1) is 0 Å². The molecule has 5 heteroatoms. The Bertz CT molecular complexity index is 628. The van der Waals surface area contributed by atoms with E-state index < -0.39 is 5.92 Å². The second kappa shape index (κ2) is 6.08. The van der Waals surface area contributed by atoms with E-state index in [4.69, 9.17) is 9.47 Å². The van der Waals surface area contributed by atoms with Gasteiger partial charge >= 0.3 is 5.97 Å². The third-order valence-electron chi connectivity index (χ3n) is 6.30. The van der Waals surface area contributed by atoms with Gasteiger partial charge in [-0.1, -0.05) is 30.3 Å². The lowest BCUT2D eigenvalue weighted by Crippen LogP contribution is -2.51. The zero-order valence-corrected chi connectivity index (χ0v) is 14.3. The van der Waals surface area contributed by atoms with Crippen LogP contribution in [0.15, 0.2) is 30.3 Å². The van der Waals surface area contributed by atoms with E-state index in [9.17, 15) is 9.90 Å². The first kappa shape index (κ1) is 15.8. The number of morpholine rings is 1. The first-order chi connectivity index (χ1) is 12.2. The number of rotatable bonds is 6. The summed E-state index contributed by atoms with van der Waals surface area (Å²) in [5.74, 6) is -0.0177. The predicted molar refractivity (Wildman–Crippen MR) is 91.0 cm³/mol. The van der Waals surface area contributed by atoms with E-state index in [-0.39, 0.29) is 18.7 Å². The Labute approximate surface area is 147 Å². The van der Waals surface area contributed by atoms with E-state index >= 15 is 0 Å². The van der Waals surface area contributed by atoms with Crippen LogP contribution in [-0.2, 0) is 14.3 Å². The fraction of sp³-hybridized carbons (Fsp3) is 0.650. The normalized spacial score (nSPS) is 37.4. The minimum absolute atomic E-state index is 0.0490. The van der Waals surface area contributed by atoms with Crippen LogP contribution in [0.1, 0.15) is 37.2 Å². The molecule has 3 heterocycles. The van der Waals surface area contributed by atoms with Gasteiger partial charge in [0.15, 0.2) is 0 Å². The van der Waals surface area contributed by atoms with E-state index in [1.165, 1.54) is 19.4 Å². The van der Waals surface area contributed by atoms with Crippen LogP contribution in [0.5, 0.6) is 0 Å². The number of carbonyl (C=O) groups is 1. The molecule has 6 atom stereocenters. The molecule has 0 amide bonds. The maximum absolute atomic E-state index is 12.6. The Kier molecular flexibility index (Phi) is 3.84. The summed E-state index contributed by atoms with van der Waals surface area (Å²) in [6, 6.07) is 10.2. The fourth-order valence-electron chi connectivity index (χ4n) is 4.77. The van der Waals surface area contributed by atoms with Gasteiger partial charge in [0.1, 0.15) is 24.2 Å². The number of aliphatic hydroxyl groups excluding tert-OH is 1. The lowest BCUT2D eigenvalue weighted by atomic mass is 9.97. The number of benzene rings is 1. The van der Waals surface area contributed by atoms with E-state index in [1.807, 2.05) is 30.3 Å². The Balaban J connectivity index is 1.24. The standard InChI is InChI=1S/C20H25NO4/c22-11-15(13-4-2-1-3-5-13)20(23)24-14-8-16-18-19(25-18)17(9-14)21(16)10-12-6-7-12/h1-5,12,14-19,22H,6-11H2/t14?,15-,16-,17+,18-,19+/m1/s1. The molecule has 0 aromatic heterocycles. The summed E-state index contributed by atoms with van der Waals surface area (Å²) < 4.78 is 11.7. The summed E-state index contributed by atoms with van der Waals surface area (Å²) >= 11 is 0. The average Bonchev–Trinajstić information content (AvgIpc) is 3.51. The lowest BCUT2D eigenvalue weighted by Gasteiger charge is -2.40. The molecule has 3 saturated heterocycles. The molecule has 1 aromatic rings. The van der Waals surface area contributed by atoms with Gasteiger partial charge in [0, 0.05) is 31.5 Å². The molecule has 1 saturated carbocycles. The molecule has 5 rings (SSSR count). The van der Waals surface area contributed by atoms with Crippen molar-refractivity contribution in [2.45, 2.75) is 62.0 Å². The highest BCUT2D eigenvalue weighted by atomic mass is 16.6. The highest BCUT2D eigenvalue weighted by Crippen LogP contribution is 2.50. The summed E-state index contributed by atoms with van der Waals surface area (Å²) in [6.45, 7) is 0.972. The van der Waals surface area contributed by atoms with Crippen LogP contribution in [0.2, 0.25) is 0 Å². The number of esters is 1. The zero-order chi connectivity index (χ0) is 17.0. The Hall–Kier alpha value is -1.43. The van der Waals surface area contributed by atoms with Crippen molar-refractivity contribution < 1.29 is 19.4 Å². The zero-order valence-electron chi connectivity index (χ0n) is 14.3. The maximum atomic E-state index is 12.6. The van der Waals surface area contributed by atoms with Crippen molar-refractivity contribution in [2.75, 3.05) is 13.2 Å². The van der Waals surface area contributed by atoms with Crippen molar-refractivity contribution in [3.05, 3.63) is 35.9 Å². The molecule has 0 spiro atoms. The van der Waals surface area contributed by atoms with Gasteiger partial charge < -0.3 is 14.6 Å². The largest absolute Gasteiger partial charge is 0.462 e. The van der Waals surface area contributed by atoms with Crippen LogP contribution in [0.3, 0.4) is 0 Å². The molecule has 3 aliphatic heterocycles. The highest BCUT2D eigenvalue weighted by molar-refractivity contribution is 5.78. The van der Waals surface area contributed by atoms with Crippen molar-refractivity contribution in [1.29, 1.82) is 0 Å². The summed E-state index contributed by atoms with van der Waals surface area (Å²) in [4.78, 5) is 15.2. The van der Waals surface area contributed by atoms with E-state index in [2.05, 4.69) is 4.90 Å². The number of fused-ring (bicyclic) bond motifs is 5. The van der Waals surface area contributed by atoms with Gasteiger partial charge in [0.25, 0.3) is 0 Å². The SMILES string of the molecule is O=C(OC1C[C@@H]2[C@H]3O[C@H]3[C@H](C1)N2CC1CC1)[C@H](CO)c1ccccc1. The first-order valence-corrected chi connectivity index (χ1v) is 9.52. The third kappa shape index (κ3) is 2.88. The van der Waals surface area contributed by atoms with E-state index in [1.54, 1.807) is 0 Å². The molecule has 0 radical (unpaired) electrons. The number of piperidine rings is 1. The molecule has 4 fully saturated rings. The molecule has 1 aliphatic carbocycles. The van der Waals surface area contributed by atoms with Gasteiger partial charge in [-0.3, -0.25) is 9.69 Å². The Morgan fingerprint density at radius 1 is 1.20 bits per heavy atom. The molecule has 2 bridgehead atoms. The van der Waals surface area contributed by atoms with Crippen LogP contribution in [0.25, 0.3) is 0 Å². The monoisotopic (exact) mass is 343 g/mol. The van der Waals surface area contributed by atoms with Gasteiger partial charge in [-0.05, 0) is 24.3 Å².